The van der Waals surface area contributed by atoms with Gasteiger partial charge < -0.3 is 35.8 Å². The molecular weight excluding hydrogens is 256 g/mol. The Morgan fingerprint density at radius 3 is 2.63 bits per heavy atom. The van der Waals surface area contributed by atoms with Gasteiger partial charge in [0.05, 0.1) is 12.6 Å². The van der Waals surface area contributed by atoms with Crippen LogP contribution in [0.2, 0.25) is 0 Å². The number of carbonyl (C=O) groups excluding carboxylic acids is 1. The summed E-state index contributed by atoms with van der Waals surface area (Å²) in [4.78, 5) is 11.9. The highest BCUT2D eigenvalue weighted by molar-refractivity contribution is 5.82. The lowest BCUT2D eigenvalue weighted by Crippen LogP contribution is -2.65. The van der Waals surface area contributed by atoms with Crippen molar-refractivity contribution in [1.82, 2.24) is 10.6 Å². The van der Waals surface area contributed by atoms with Crippen molar-refractivity contribution in [3.8, 4) is 0 Å². The Labute approximate surface area is 110 Å². The Hall–Kier alpha value is -0.770. The van der Waals surface area contributed by atoms with Crippen molar-refractivity contribution in [3.63, 3.8) is 0 Å². The van der Waals surface area contributed by atoms with Crippen molar-refractivity contribution in [2.75, 3.05) is 13.2 Å². The largest absolute Gasteiger partial charge is 0.394 e. The number of aliphatic hydroxyl groups is 4. The van der Waals surface area contributed by atoms with Gasteiger partial charge in [-0.3, -0.25) is 4.79 Å². The monoisotopic (exact) mass is 276 g/mol. The highest BCUT2D eigenvalue weighted by Gasteiger charge is 2.44. The van der Waals surface area contributed by atoms with Crippen molar-refractivity contribution in [2.45, 2.75) is 49.5 Å². The van der Waals surface area contributed by atoms with Crippen LogP contribution in [0.3, 0.4) is 0 Å². The molecule has 0 aromatic heterocycles. The number of hydrogen-bond donors (Lipinski definition) is 6. The summed E-state index contributed by atoms with van der Waals surface area (Å²) in [5.41, 5.74) is 0. The minimum absolute atomic E-state index is 0.348. The predicted octanol–water partition coefficient (Wildman–Crippen LogP) is -3.35. The summed E-state index contributed by atoms with van der Waals surface area (Å²) in [5.74, 6) is -0.348. The molecule has 0 radical (unpaired) electrons. The van der Waals surface area contributed by atoms with Gasteiger partial charge in [-0.25, -0.2) is 0 Å². The van der Waals surface area contributed by atoms with E-state index in [4.69, 9.17) is 9.84 Å². The second-order valence-electron chi connectivity index (χ2n) is 4.91. The smallest absolute Gasteiger partial charge is 0.237 e. The Bertz CT molecular complexity index is 322. The first-order valence-electron chi connectivity index (χ1n) is 6.39. The molecule has 0 spiro atoms. The van der Waals surface area contributed by atoms with E-state index in [0.717, 1.165) is 13.0 Å². The van der Waals surface area contributed by atoms with Gasteiger partial charge in [-0.2, -0.15) is 0 Å². The first kappa shape index (κ1) is 14.6. The van der Waals surface area contributed by atoms with E-state index in [1.807, 2.05) is 0 Å². The summed E-state index contributed by atoms with van der Waals surface area (Å²) >= 11 is 0. The van der Waals surface area contributed by atoms with Crippen LogP contribution >= 0.6 is 0 Å². The van der Waals surface area contributed by atoms with Gasteiger partial charge >= 0.3 is 0 Å². The van der Waals surface area contributed by atoms with Gasteiger partial charge in [-0.05, 0) is 19.4 Å². The topological polar surface area (TPSA) is 131 Å². The van der Waals surface area contributed by atoms with E-state index in [1.165, 1.54) is 0 Å². The van der Waals surface area contributed by atoms with Crippen LogP contribution in [-0.4, -0.2) is 76.2 Å². The number of nitrogens with one attached hydrogen (secondary N) is 2. The second-order valence-corrected chi connectivity index (χ2v) is 4.91. The van der Waals surface area contributed by atoms with Crippen molar-refractivity contribution in [2.24, 2.45) is 0 Å². The zero-order valence-electron chi connectivity index (χ0n) is 10.4. The Morgan fingerprint density at radius 1 is 1.32 bits per heavy atom. The van der Waals surface area contributed by atoms with Crippen LogP contribution in [0, 0.1) is 0 Å². The number of hydrogen-bond acceptors (Lipinski definition) is 7. The van der Waals surface area contributed by atoms with Crippen molar-refractivity contribution in [1.29, 1.82) is 0 Å². The lowest BCUT2D eigenvalue weighted by Gasteiger charge is -2.40. The molecule has 2 saturated heterocycles. The molecular formula is C11H20N2O6. The molecule has 2 aliphatic rings. The SMILES string of the molecule is O=C(N[C@@H]1[C@@H](O)[C@H](O)[C@@H](CO)O[C@H]1O)[C@@H]1CCCN1. The van der Waals surface area contributed by atoms with E-state index in [0.29, 0.717) is 6.42 Å². The van der Waals surface area contributed by atoms with Crippen molar-refractivity contribution < 1.29 is 30.0 Å². The summed E-state index contributed by atoms with van der Waals surface area (Å²) < 4.78 is 4.95. The highest BCUT2D eigenvalue weighted by atomic mass is 16.6. The molecule has 6 atom stereocenters. The standard InChI is InChI=1S/C11H20N2O6/c14-4-6-8(15)9(16)7(11(18)19-6)13-10(17)5-2-1-3-12-5/h5-9,11-12,14-16,18H,1-4H2,(H,13,17)/t5-,6+,7+,8+,9+,11+/m0/s1. The number of carbonyl (C=O) groups is 1. The summed E-state index contributed by atoms with van der Waals surface area (Å²) in [6.07, 6.45) is -3.72. The molecule has 6 N–H and O–H groups in total. The zero-order valence-corrected chi connectivity index (χ0v) is 10.4. The molecule has 0 aliphatic carbocycles. The third-order valence-electron chi connectivity index (χ3n) is 3.59. The van der Waals surface area contributed by atoms with Gasteiger partial charge in [0, 0.05) is 0 Å². The van der Waals surface area contributed by atoms with Gasteiger partial charge in [0.2, 0.25) is 5.91 Å². The van der Waals surface area contributed by atoms with Gasteiger partial charge in [-0.1, -0.05) is 0 Å². The third-order valence-corrected chi connectivity index (χ3v) is 3.59. The first-order chi connectivity index (χ1) is 9.04. The fourth-order valence-corrected chi connectivity index (χ4v) is 2.43. The number of rotatable bonds is 3. The van der Waals surface area contributed by atoms with Crippen LogP contribution in [0.5, 0.6) is 0 Å². The van der Waals surface area contributed by atoms with E-state index in [9.17, 15) is 20.1 Å². The van der Waals surface area contributed by atoms with Crippen molar-refractivity contribution in [3.05, 3.63) is 0 Å². The molecule has 2 rings (SSSR count). The molecule has 1 amide bonds. The predicted molar refractivity (Wildman–Crippen MR) is 62.9 cm³/mol. The zero-order chi connectivity index (χ0) is 14.0. The van der Waals surface area contributed by atoms with Gasteiger partial charge in [0.25, 0.3) is 0 Å². The molecule has 2 fully saturated rings. The lowest BCUT2D eigenvalue weighted by atomic mass is 9.96. The fourth-order valence-electron chi connectivity index (χ4n) is 2.43. The Balaban J connectivity index is 1.96. The Kier molecular flexibility index (Phi) is 4.71. The summed E-state index contributed by atoms with van der Waals surface area (Å²) in [7, 11) is 0. The molecule has 0 bridgehead atoms. The third kappa shape index (κ3) is 3.04. The van der Waals surface area contributed by atoms with E-state index >= 15 is 0 Å². The number of ether oxygens (including phenoxy) is 1. The van der Waals surface area contributed by atoms with E-state index in [-0.39, 0.29) is 11.9 Å². The van der Waals surface area contributed by atoms with Crippen LogP contribution in [-0.2, 0) is 9.53 Å². The average Bonchev–Trinajstić information content (AvgIpc) is 2.92. The summed E-state index contributed by atoms with van der Waals surface area (Å²) in [6.45, 7) is 0.222. The van der Waals surface area contributed by atoms with Gasteiger partial charge in [0.1, 0.15) is 24.4 Å². The molecule has 2 aliphatic heterocycles. The number of aliphatic hydroxyl groups excluding tert-OH is 4. The van der Waals surface area contributed by atoms with Crippen molar-refractivity contribution >= 4 is 5.91 Å². The molecule has 0 unspecified atom stereocenters. The maximum atomic E-state index is 11.9. The fraction of sp³-hybridized carbons (Fsp3) is 0.909. The van der Waals surface area contributed by atoms with E-state index in [1.54, 1.807) is 0 Å². The minimum atomic E-state index is -1.47. The normalized spacial score (nSPS) is 43.2. The molecule has 19 heavy (non-hydrogen) atoms. The summed E-state index contributed by atoms with van der Waals surface area (Å²) in [5, 5.41) is 43.7. The van der Waals surface area contributed by atoms with Gasteiger partial charge in [-0.15, -0.1) is 0 Å². The molecule has 0 aromatic carbocycles. The molecule has 8 heteroatoms. The lowest BCUT2D eigenvalue weighted by molar-refractivity contribution is -0.254. The van der Waals surface area contributed by atoms with Crippen LogP contribution < -0.4 is 10.6 Å². The minimum Gasteiger partial charge on any atom is -0.394 e. The van der Waals surface area contributed by atoms with E-state index in [2.05, 4.69) is 10.6 Å². The van der Waals surface area contributed by atoms with Crippen LogP contribution in [0.1, 0.15) is 12.8 Å². The van der Waals surface area contributed by atoms with Gasteiger partial charge in [0.15, 0.2) is 6.29 Å². The van der Waals surface area contributed by atoms with Crippen LogP contribution in [0.25, 0.3) is 0 Å². The maximum absolute atomic E-state index is 11.9. The second kappa shape index (κ2) is 6.12. The quantitative estimate of drug-likeness (QED) is 0.317. The molecule has 2 heterocycles. The molecule has 0 saturated carbocycles. The number of amides is 1. The molecule has 110 valence electrons. The van der Waals surface area contributed by atoms with Crippen LogP contribution in [0.4, 0.5) is 0 Å². The Morgan fingerprint density at radius 2 is 2.05 bits per heavy atom. The average molecular weight is 276 g/mol. The van der Waals surface area contributed by atoms with E-state index < -0.39 is 37.3 Å². The highest BCUT2D eigenvalue weighted by Crippen LogP contribution is 2.20. The maximum Gasteiger partial charge on any atom is 0.237 e. The van der Waals surface area contributed by atoms with Crippen LogP contribution in [0.15, 0.2) is 0 Å². The first-order valence-corrected chi connectivity index (χ1v) is 6.39. The molecule has 8 nitrogen and oxygen atoms in total. The molecule has 0 aromatic rings. The summed E-state index contributed by atoms with van der Waals surface area (Å²) in [6, 6.07) is -1.47.